The quantitative estimate of drug-likeness (QED) is 0.0731. The SMILES string of the molecule is C[C@H](c1ccccc1)N(C)[C@H](c1ccccc1)c1c(OCCOc2c3cc(C(C)(C)C)cc2Cc2cc(C(C)(C)C)cc(c2O)Cc2cc(C(C)(C)C)cc(c2OCCOc2ccc4ccccc4c2[C@@H](c2ccccc2)N(C)[C@H](C)c2ccccc2)Cc2cc(C(C)(C)C)cc(c2O)C3)ccc2ccccc12. The van der Waals surface area contributed by atoms with Crippen molar-refractivity contribution in [2.75, 3.05) is 40.5 Å². The van der Waals surface area contributed by atoms with Gasteiger partial charge in [0.05, 0.1) is 12.1 Å². The van der Waals surface area contributed by atoms with Gasteiger partial charge in [-0.2, -0.15) is 0 Å². The van der Waals surface area contributed by atoms with Crippen molar-refractivity contribution in [3.63, 3.8) is 0 Å². The Labute approximate surface area is 643 Å². The zero-order valence-corrected chi connectivity index (χ0v) is 66.5. The van der Waals surface area contributed by atoms with Gasteiger partial charge >= 0.3 is 0 Å². The van der Waals surface area contributed by atoms with Crippen molar-refractivity contribution in [1.82, 2.24) is 9.80 Å². The molecule has 1 aliphatic carbocycles. The summed E-state index contributed by atoms with van der Waals surface area (Å²) in [6.45, 7) is 32.5. The van der Waals surface area contributed by atoms with Crippen molar-refractivity contribution in [1.29, 1.82) is 0 Å². The third kappa shape index (κ3) is 16.6. The summed E-state index contributed by atoms with van der Waals surface area (Å²) in [5.74, 6) is 3.51. The van der Waals surface area contributed by atoms with E-state index in [-0.39, 0.29) is 83.8 Å². The Morgan fingerprint density at radius 2 is 0.556 bits per heavy atom. The molecule has 0 saturated carbocycles. The van der Waals surface area contributed by atoms with E-state index >= 15 is 0 Å². The number of aromatic hydroxyl groups is 2. The molecule has 0 fully saturated rings. The molecule has 0 aromatic heterocycles. The van der Waals surface area contributed by atoms with E-state index in [4.69, 9.17) is 18.9 Å². The van der Waals surface area contributed by atoms with E-state index in [1.54, 1.807) is 0 Å². The molecule has 0 spiro atoms. The first-order chi connectivity index (χ1) is 51.6. The molecule has 8 bridgehead atoms. The molecule has 0 heterocycles. The molecular weight excluding hydrogens is 1330 g/mol. The largest absolute Gasteiger partial charge is 0.507 e. The molecule has 12 aromatic rings. The summed E-state index contributed by atoms with van der Waals surface area (Å²) < 4.78 is 29.1. The van der Waals surface area contributed by atoms with Gasteiger partial charge in [0.1, 0.15) is 60.9 Å². The van der Waals surface area contributed by atoms with Gasteiger partial charge in [0.15, 0.2) is 0 Å². The van der Waals surface area contributed by atoms with Crippen LogP contribution in [-0.4, -0.2) is 60.5 Å². The minimum atomic E-state index is -0.293. The highest BCUT2D eigenvalue weighted by atomic mass is 16.5. The summed E-state index contributed by atoms with van der Waals surface area (Å²) in [6.07, 6.45) is 1.47. The van der Waals surface area contributed by atoms with E-state index in [0.29, 0.717) is 25.7 Å². The van der Waals surface area contributed by atoms with Crippen LogP contribution in [0.3, 0.4) is 0 Å². The summed E-state index contributed by atoms with van der Waals surface area (Å²) >= 11 is 0. The molecule has 1 aliphatic rings. The van der Waals surface area contributed by atoms with Crippen molar-refractivity contribution in [2.24, 2.45) is 0 Å². The lowest BCUT2D eigenvalue weighted by Gasteiger charge is -2.35. The van der Waals surface area contributed by atoms with Gasteiger partial charge in [-0.15, -0.1) is 0 Å². The third-order valence-electron chi connectivity index (χ3n) is 22.4. The molecular formula is C100H110N2O6. The molecule has 108 heavy (non-hydrogen) atoms. The lowest BCUT2D eigenvalue weighted by atomic mass is 9.79. The average molecular weight is 1440 g/mol. The monoisotopic (exact) mass is 1430 g/mol. The number of phenolic OH excluding ortho intramolecular Hbond substituents is 2. The summed E-state index contributed by atoms with van der Waals surface area (Å²) in [7, 11) is 4.44. The summed E-state index contributed by atoms with van der Waals surface area (Å²) in [4.78, 5) is 4.92. The number of hydrogen-bond acceptors (Lipinski definition) is 8. The van der Waals surface area contributed by atoms with Crippen LogP contribution in [0.15, 0.2) is 243 Å². The van der Waals surface area contributed by atoms with Crippen molar-refractivity contribution >= 4 is 21.5 Å². The van der Waals surface area contributed by atoms with Crippen molar-refractivity contribution in [3.8, 4) is 34.5 Å². The number of rotatable bonds is 20. The number of phenols is 2. The van der Waals surface area contributed by atoms with Gasteiger partial charge in [-0.05, 0) is 172 Å². The van der Waals surface area contributed by atoms with Gasteiger partial charge < -0.3 is 29.2 Å². The van der Waals surface area contributed by atoms with Gasteiger partial charge in [0.25, 0.3) is 0 Å². The Hall–Kier alpha value is -10.1. The Kier molecular flexibility index (Phi) is 22.3. The fraction of sp³-hybridized carbons (Fsp3) is 0.320. The van der Waals surface area contributed by atoms with Crippen LogP contribution in [0.2, 0.25) is 0 Å². The first-order valence-electron chi connectivity index (χ1n) is 38.8. The molecule has 2 N–H and O–H groups in total. The lowest BCUT2D eigenvalue weighted by Crippen LogP contribution is -2.29. The fourth-order valence-electron chi connectivity index (χ4n) is 15.8. The zero-order chi connectivity index (χ0) is 76.4. The maximum Gasteiger partial charge on any atom is 0.126 e. The second-order valence-corrected chi connectivity index (χ2v) is 34.2. The first kappa shape index (κ1) is 76.1. The van der Waals surface area contributed by atoms with E-state index in [0.717, 1.165) is 122 Å². The molecule has 0 unspecified atom stereocenters. The Balaban J connectivity index is 0.906. The molecule has 13 rings (SSSR count). The van der Waals surface area contributed by atoms with Gasteiger partial charge in [-0.3, -0.25) is 9.80 Å². The Morgan fingerprint density at radius 3 is 0.843 bits per heavy atom. The van der Waals surface area contributed by atoms with Gasteiger partial charge in [-0.25, -0.2) is 0 Å². The lowest BCUT2D eigenvalue weighted by molar-refractivity contribution is 0.195. The Bertz CT molecular complexity index is 4720. The second kappa shape index (κ2) is 31.6. The highest BCUT2D eigenvalue weighted by Crippen LogP contribution is 2.48. The molecule has 8 heteroatoms. The van der Waals surface area contributed by atoms with E-state index in [9.17, 15) is 10.2 Å². The van der Waals surface area contributed by atoms with E-state index in [1.165, 1.54) is 22.3 Å². The van der Waals surface area contributed by atoms with Crippen LogP contribution in [-0.2, 0) is 47.3 Å². The summed E-state index contributed by atoms with van der Waals surface area (Å²) in [5.41, 5.74) is 17.3. The Morgan fingerprint density at radius 1 is 0.306 bits per heavy atom. The van der Waals surface area contributed by atoms with Crippen LogP contribution < -0.4 is 18.9 Å². The molecule has 0 saturated heterocycles. The van der Waals surface area contributed by atoms with Crippen molar-refractivity contribution in [2.45, 2.75) is 168 Å². The number of ether oxygens (including phenoxy) is 4. The van der Waals surface area contributed by atoms with Crippen molar-refractivity contribution < 1.29 is 29.2 Å². The number of fused-ring (bicyclic) bond motifs is 10. The maximum absolute atomic E-state index is 13.4. The molecule has 0 aliphatic heterocycles. The van der Waals surface area contributed by atoms with Gasteiger partial charge in [0, 0.05) is 48.9 Å². The van der Waals surface area contributed by atoms with E-state index in [2.05, 4.69) is 363 Å². The van der Waals surface area contributed by atoms with Crippen LogP contribution in [0.4, 0.5) is 0 Å². The fourth-order valence-corrected chi connectivity index (χ4v) is 15.8. The average Bonchev–Trinajstić information content (AvgIpc) is 0.772. The highest BCUT2D eigenvalue weighted by molar-refractivity contribution is 5.90. The van der Waals surface area contributed by atoms with Crippen LogP contribution in [0.5, 0.6) is 34.5 Å². The third-order valence-corrected chi connectivity index (χ3v) is 22.4. The van der Waals surface area contributed by atoms with Crippen LogP contribution in [0.25, 0.3) is 21.5 Å². The highest BCUT2D eigenvalue weighted by Gasteiger charge is 2.34. The standard InChI is InChI=1S/C100H110N2O6/c1-65(67-33-21-17-22-34-67)101(15)91(71-39-25-19-26-40-71)89-85-43-31-29-37-69(85)45-47-87(89)105-49-51-107-95-77-53-73-57-81(97(3,4)5)59-75(93(73)103)55-79-63-84(100(12,13)14)64-80(56-76-60-82(98(6,7)8)58-74(94(76)104)54-78(95)62-83(61-77)99(9,10)11)96(79)108-52-50-106-88-48-46-70-38-30-32-44-86(70)90(88)92(72-41-27-20-28-42-72)102(16)66(2)68-35-23-18-24-36-68/h17-48,57-66,91-92,103-104H,49-56H2,1-16H3/t65-,66-,91-,92-/m1/s1. The number of hydrogen-bond donors (Lipinski definition) is 2. The van der Waals surface area contributed by atoms with Crippen LogP contribution >= 0.6 is 0 Å². The smallest absolute Gasteiger partial charge is 0.126 e. The van der Waals surface area contributed by atoms with E-state index < -0.39 is 0 Å². The maximum atomic E-state index is 13.4. The van der Waals surface area contributed by atoms with Crippen LogP contribution in [0, 0.1) is 0 Å². The summed E-state index contributed by atoms with van der Waals surface area (Å²) in [6, 6.07) is 86.6. The van der Waals surface area contributed by atoms with Gasteiger partial charge in [0.2, 0.25) is 0 Å². The number of benzene rings is 12. The predicted octanol–water partition coefficient (Wildman–Crippen LogP) is 23.8. The second-order valence-electron chi connectivity index (χ2n) is 34.2. The number of nitrogens with zero attached hydrogens (tertiary/aromatic N) is 2. The topological polar surface area (TPSA) is 83.9 Å². The predicted molar refractivity (Wildman–Crippen MR) is 447 cm³/mol. The molecule has 4 atom stereocenters. The van der Waals surface area contributed by atoms with Gasteiger partial charge in [-0.1, -0.05) is 314 Å². The first-order valence-corrected chi connectivity index (χ1v) is 38.8. The molecule has 12 aromatic carbocycles. The molecule has 0 amide bonds. The van der Waals surface area contributed by atoms with Crippen molar-refractivity contribution in [3.05, 3.63) is 343 Å². The molecule has 8 nitrogen and oxygen atoms in total. The van der Waals surface area contributed by atoms with Crippen LogP contribution in [0.1, 0.15) is 221 Å². The minimum Gasteiger partial charge on any atom is -0.507 e. The minimum absolute atomic E-state index is 0.0657. The normalized spacial score (nSPS) is 14.0. The van der Waals surface area contributed by atoms with E-state index in [1.807, 2.05) is 0 Å². The molecule has 556 valence electrons. The zero-order valence-electron chi connectivity index (χ0n) is 66.5. The molecule has 0 radical (unpaired) electrons. The summed E-state index contributed by atoms with van der Waals surface area (Å²) in [5, 5.41) is 31.2.